The third-order valence-corrected chi connectivity index (χ3v) is 8.52. The van der Waals surface area contributed by atoms with Crippen molar-refractivity contribution in [3.63, 3.8) is 0 Å². The molecule has 0 radical (unpaired) electrons. The predicted octanol–water partition coefficient (Wildman–Crippen LogP) is 9.37. The van der Waals surface area contributed by atoms with Gasteiger partial charge in [0.2, 0.25) is 0 Å². The number of rotatable bonds is 2. The van der Waals surface area contributed by atoms with E-state index in [4.69, 9.17) is 0 Å². The van der Waals surface area contributed by atoms with Gasteiger partial charge in [0.15, 0.2) is 0 Å². The van der Waals surface area contributed by atoms with Crippen molar-refractivity contribution in [1.82, 2.24) is 0 Å². The molecule has 0 fully saturated rings. The monoisotopic (exact) mass is 508 g/mol. The zero-order valence-corrected chi connectivity index (χ0v) is 21.8. The van der Waals surface area contributed by atoms with Gasteiger partial charge in [-0.15, -0.1) is 0 Å². The second kappa shape index (κ2) is 8.56. The van der Waals surface area contributed by atoms with Crippen LogP contribution >= 0.6 is 0 Å². The van der Waals surface area contributed by atoms with Crippen molar-refractivity contribution in [3.8, 4) is 28.3 Å². The van der Waals surface area contributed by atoms with E-state index >= 15 is 0 Å². The Hall–Kier alpha value is -5.39. The summed E-state index contributed by atoms with van der Waals surface area (Å²) in [4.78, 5) is 2.40. The molecule has 40 heavy (non-hydrogen) atoms. The molecule has 2 aliphatic rings. The third-order valence-electron chi connectivity index (χ3n) is 8.52. The summed E-state index contributed by atoms with van der Waals surface area (Å²) in [6.07, 6.45) is 0. The number of para-hydroxylation sites is 3. The summed E-state index contributed by atoms with van der Waals surface area (Å²) in [5.74, 6) is 0. The van der Waals surface area contributed by atoms with Crippen molar-refractivity contribution in [1.29, 1.82) is 5.26 Å². The lowest BCUT2D eigenvalue weighted by atomic mass is 9.64. The number of hydrogen-bond acceptors (Lipinski definition) is 2. The molecular weight excluding hydrogens is 484 g/mol. The lowest BCUT2D eigenvalue weighted by Crippen LogP contribution is -2.36. The highest BCUT2D eigenvalue weighted by molar-refractivity contribution is 5.96. The van der Waals surface area contributed by atoms with Crippen LogP contribution in [0, 0.1) is 11.3 Å². The van der Waals surface area contributed by atoms with Crippen LogP contribution in [0.3, 0.4) is 0 Å². The fraction of sp³-hybridized carbons (Fsp3) is 0.0263. The van der Waals surface area contributed by atoms with Crippen molar-refractivity contribution in [3.05, 3.63) is 173 Å². The molecule has 186 valence electrons. The second-order valence-electron chi connectivity index (χ2n) is 10.4. The summed E-state index contributed by atoms with van der Waals surface area (Å²) in [5.41, 5.74) is 13.4. The highest BCUT2D eigenvalue weighted by atomic mass is 15.2. The molecule has 0 N–H and O–H groups in total. The third kappa shape index (κ3) is 2.92. The smallest absolute Gasteiger partial charge is 0.0998 e. The van der Waals surface area contributed by atoms with Crippen LogP contribution < -0.4 is 4.90 Å². The van der Waals surface area contributed by atoms with Crippen molar-refractivity contribution < 1.29 is 0 Å². The first-order chi connectivity index (χ1) is 19.8. The molecule has 6 aromatic carbocycles. The molecule has 1 aliphatic heterocycles. The van der Waals surface area contributed by atoms with Crippen molar-refractivity contribution in [2.75, 3.05) is 4.90 Å². The van der Waals surface area contributed by atoms with Gasteiger partial charge < -0.3 is 4.90 Å². The molecule has 0 atom stereocenters. The van der Waals surface area contributed by atoms with Crippen molar-refractivity contribution in [2.45, 2.75) is 5.41 Å². The van der Waals surface area contributed by atoms with E-state index in [1.54, 1.807) is 0 Å². The molecule has 2 nitrogen and oxygen atoms in total. The van der Waals surface area contributed by atoms with Gasteiger partial charge in [-0.05, 0) is 80.9 Å². The Morgan fingerprint density at radius 3 is 1.73 bits per heavy atom. The van der Waals surface area contributed by atoms with Gasteiger partial charge in [0, 0.05) is 5.69 Å². The molecule has 1 spiro atoms. The van der Waals surface area contributed by atoms with Crippen LogP contribution in [0.4, 0.5) is 17.1 Å². The molecule has 0 aromatic heterocycles. The highest BCUT2D eigenvalue weighted by Gasteiger charge is 2.51. The first-order valence-corrected chi connectivity index (χ1v) is 13.6. The van der Waals surface area contributed by atoms with Crippen LogP contribution in [0.2, 0.25) is 0 Å². The van der Waals surface area contributed by atoms with Crippen LogP contribution in [-0.4, -0.2) is 0 Å². The van der Waals surface area contributed by atoms with Gasteiger partial charge in [-0.25, -0.2) is 0 Å². The molecular formula is C38H24N2. The number of benzene rings is 6. The summed E-state index contributed by atoms with van der Waals surface area (Å²) in [6, 6.07) is 54.2. The normalized spacial score (nSPS) is 13.6. The van der Waals surface area contributed by atoms with E-state index in [1.807, 2.05) is 24.3 Å². The van der Waals surface area contributed by atoms with E-state index in [0.29, 0.717) is 5.56 Å². The summed E-state index contributed by atoms with van der Waals surface area (Å²) >= 11 is 0. The molecule has 0 bridgehead atoms. The standard InChI is InChI=1S/C38H24N2/c39-25-27-12-4-5-15-29(27)26-22-23-33-31(24-26)30-16-6-7-17-32(30)38(33)34-18-8-10-20-36(34)40(28-13-2-1-3-14-28)37-21-11-9-19-35(37)38/h1-24H. The summed E-state index contributed by atoms with van der Waals surface area (Å²) in [5, 5.41) is 9.81. The minimum Gasteiger partial charge on any atom is -0.310 e. The lowest BCUT2D eigenvalue weighted by molar-refractivity contribution is 0.753. The average molecular weight is 509 g/mol. The Bertz CT molecular complexity index is 1930. The number of hydrogen-bond donors (Lipinski definition) is 0. The number of nitriles is 1. The van der Waals surface area contributed by atoms with Gasteiger partial charge in [-0.3, -0.25) is 0 Å². The predicted molar refractivity (Wildman–Crippen MR) is 162 cm³/mol. The average Bonchev–Trinajstić information content (AvgIpc) is 3.32. The topological polar surface area (TPSA) is 27.0 Å². The maximum absolute atomic E-state index is 9.81. The molecule has 1 aliphatic carbocycles. The van der Waals surface area contributed by atoms with Crippen LogP contribution in [0.1, 0.15) is 27.8 Å². The molecule has 8 rings (SSSR count). The van der Waals surface area contributed by atoms with Gasteiger partial charge in [0.05, 0.1) is 28.4 Å². The number of nitrogens with zero attached hydrogens (tertiary/aromatic N) is 2. The van der Waals surface area contributed by atoms with Crippen LogP contribution in [0.5, 0.6) is 0 Å². The van der Waals surface area contributed by atoms with Crippen molar-refractivity contribution in [2.24, 2.45) is 0 Å². The molecule has 1 heterocycles. The summed E-state index contributed by atoms with van der Waals surface area (Å²) in [7, 11) is 0. The Morgan fingerprint density at radius 1 is 0.475 bits per heavy atom. The molecule has 0 amide bonds. The van der Waals surface area contributed by atoms with E-state index in [1.165, 1.54) is 44.8 Å². The Kier molecular flexibility index (Phi) is 4.83. The summed E-state index contributed by atoms with van der Waals surface area (Å²) in [6.45, 7) is 0. The maximum Gasteiger partial charge on any atom is 0.0998 e. The lowest BCUT2D eigenvalue weighted by Gasteiger charge is -2.45. The molecule has 6 aromatic rings. The van der Waals surface area contributed by atoms with Gasteiger partial charge >= 0.3 is 0 Å². The minimum atomic E-state index is -0.461. The number of fused-ring (bicyclic) bond motifs is 9. The largest absolute Gasteiger partial charge is 0.310 e. The van der Waals surface area contributed by atoms with Crippen LogP contribution in [0.15, 0.2) is 146 Å². The van der Waals surface area contributed by atoms with E-state index in [9.17, 15) is 5.26 Å². The Balaban J connectivity index is 1.48. The maximum atomic E-state index is 9.81. The van der Waals surface area contributed by atoms with Crippen molar-refractivity contribution >= 4 is 17.1 Å². The molecule has 0 saturated heterocycles. The van der Waals surface area contributed by atoms with E-state index in [0.717, 1.165) is 16.8 Å². The van der Waals surface area contributed by atoms with E-state index < -0.39 is 5.41 Å². The molecule has 0 unspecified atom stereocenters. The van der Waals surface area contributed by atoms with E-state index in [2.05, 4.69) is 132 Å². The fourth-order valence-electron chi connectivity index (χ4n) is 6.97. The molecule has 0 saturated carbocycles. The van der Waals surface area contributed by atoms with Gasteiger partial charge in [0.25, 0.3) is 0 Å². The fourth-order valence-corrected chi connectivity index (χ4v) is 6.97. The number of anilines is 3. The summed E-state index contributed by atoms with van der Waals surface area (Å²) < 4.78 is 0. The SMILES string of the molecule is N#Cc1ccccc1-c1ccc2c(c1)-c1ccccc1C21c2ccccc2N(c2ccccc2)c2ccccc21. The zero-order chi connectivity index (χ0) is 26.7. The van der Waals surface area contributed by atoms with Crippen LogP contribution in [0.25, 0.3) is 22.3 Å². The minimum absolute atomic E-state index is 0.461. The quantitative estimate of drug-likeness (QED) is 0.233. The van der Waals surface area contributed by atoms with E-state index in [-0.39, 0.29) is 0 Å². The van der Waals surface area contributed by atoms with Gasteiger partial charge in [-0.2, -0.15) is 5.26 Å². The highest BCUT2D eigenvalue weighted by Crippen LogP contribution is 2.63. The molecule has 2 heteroatoms. The van der Waals surface area contributed by atoms with Crippen LogP contribution in [-0.2, 0) is 5.41 Å². The first kappa shape index (κ1) is 22.6. The Labute approximate surface area is 234 Å². The zero-order valence-electron chi connectivity index (χ0n) is 21.8. The first-order valence-electron chi connectivity index (χ1n) is 13.6. The Morgan fingerprint density at radius 2 is 1.02 bits per heavy atom. The van der Waals surface area contributed by atoms with Gasteiger partial charge in [-0.1, -0.05) is 109 Å². The second-order valence-corrected chi connectivity index (χ2v) is 10.4. The van der Waals surface area contributed by atoms with Gasteiger partial charge in [0.1, 0.15) is 0 Å².